The van der Waals surface area contributed by atoms with Crippen LogP contribution < -0.4 is 13.1 Å². The van der Waals surface area contributed by atoms with Crippen molar-refractivity contribution in [3.8, 4) is 17.2 Å². The molecule has 0 radical (unpaired) electrons. The molecule has 0 amide bonds. The normalized spacial score (nSPS) is 11.4. The second-order valence-corrected chi connectivity index (χ2v) is 11.3. The first kappa shape index (κ1) is 32.0. The van der Waals surface area contributed by atoms with E-state index < -0.39 is 10.4 Å². The highest BCUT2D eigenvalue weighted by Gasteiger charge is 2.19. The Balaban J connectivity index is 1.84. The molecular formula is C32H50O5S. The lowest BCUT2D eigenvalue weighted by atomic mass is 10.0. The van der Waals surface area contributed by atoms with Gasteiger partial charge in [0, 0.05) is 0 Å². The molecule has 0 heterocycles. The quantitative estimate of drug-likeness (QED) is 0.138. The summed E-state index contributed by atoms with van der Waals surface area (Å²) >= 11 is 0. The molecule has 2 aromatic carbocycles. The minimum atomic E-state index is -4.30. The number of ether oxygens (including phenoxy) is 1. The second-order valence-electron chi connectivity index (χ2n) is 10.2. The molecule has 2 rings (SSSR count). The number of unbranched alkanes of at least 4 members (excludes halogenated alkanes) is 12. The van der Waals surface area contributed by atoms with Crippen molar-refractivity contribution in [3.63, 3.8) is 0 Å². The largest absolute Gasteiger partial charge is 0.501 e. The minimum Gasteiger partial charge on any atom is -0.490 e. The summed E-state index contributed by atoms with van der Waals surface area (Å²) in [5.74, 6) is 0.803. The van der Waals surface area contributed by atoms with E-state index in [9.17, 15) is 8.42 Å². The van der Waals surface area contributed by atoms with Crippen LogP contribution in [0.3, 0.4) is 0 Å². The van der Waals surface area contributed by atoms with Gasteiger partial charge in [0.15, 0.2) is 11.5 Å². The first-order chi connectivity index (χ1) is 18.5. The van der Waals surface area contributed by atoms with Crippen LogP contribution >= 0.6 is 0 Å². The van der Waals surface area contributed by atoms with Gasteiger partial charge in [0.25, 0.3) is 0 Å². The fourth-order valence-electron chi connectivity index (χ4n) is 4.57. The molecule has 0 saturated carbocycles. The molecule has 0 aromatic heterocycles. The standard InChI is InChI=1S/C32H50O5S/c1-4-7-9-11-13-15-17-19-28-21-24-30(25-22-28)36-38(33,34)37-31-26-23-29(27-32(31)35-6-3)20-18-16-14-12-10-8-5-2/h21-27H,4-20H2,1-3H3. The molecule has 0 unspecified atom stereocenters. The van der Waals surface area contributed by atoms with E-state index in [1.54, 1.807) is 18.2 Å². The zero-order valence-electron chi connectivity index (χ0n) is 24.0. The van der Waals surface area contributed by atoms with Gasteiger partial charge in [-0.3, -0.25) is 0 Å². The number of benzene rings is 2. The highest BCUT2D eigenvalue weighted by atomic mass is 32.3. The summed E-state index contributed by atoms with van der Waals surface area (Å²) in [6.45, 7) is 6.75. The molecule has 0 aliphatic carbocycles. The van der Waals surface area contributed by atoms with Gasteiger partial charge in [-0.1, -0.05) is 109 Å². The Labute approximate surface area is 232 Å². The predicted molar refractivity (Wildman–Crippen MR) is 158 cm³/mol. The molecule has 0 spiro atoms. The van der Waals surface area contributed by atoms with Crippen molar-refractivity contribution < 1.29 is 21.5 Å². The lowest BCUT2D eigenvalue weighted by Gasteiger charge is -2.13. The summed E-state index contributed by atoms with van der Waals surface area (Å²) in [6.07, 6.45) is 19.6. The van der Waals surface area contributed by atoms with E-state index in [1.165, 1.54) is 82.6 Å². The number of hydrogen-bond acceptors (Lipinski definition) is 5. The fraction of sp³-hybridized carbons (Fsp3) is 0.625. The van der Waals surface area contributed by atoms with Gasteiger partial charge in [-0.2, -0.15) is 0 Å². The van der Waals surface area contributed by atoms with Crippen molar-refractivity contribution in [1.29, 1.82) is 0 Å². The molecule has 214 valence electrons. The van der Waals surface area contributed by atoms with Crippen molar-refractivity contribution in [3.05, 3.63) is 53.6 Å². The number of hydrogen-bond donors (Lipinski definition) is 0. The third-order valence-electron chi connectivity index (χ3n) is 6.76. The smallest absolute Gasteiger partial charge is 0.490 e. The van der Waals surface area contributed by atoms with Crippen molar-refractivity contribution in [2.45, 2.75) is 124 Å². The van der Waals surface area contributed by atoms with Gasteiger partial charge >= 0.3 is 10.4 Å². The van der Waals surface area contributed by atoms with Gasteiger partial charge in [-0.05, 0) is 68.0 Å². The topological polar surface area (TPSA) is 61.8 Å². The van der Waals surface area contributed by atoms with Crippen molar-refractivity contribution >= 4 is 10.4 Å². The van der Waals surface area contributed by atoms with Gasteiger partial charge < -0.3 is 13.1 Å². The zero-order chi connectivity index (χ0) is 27.5. The van der Waals surface area contributed by atoms with Crippen LogP contribution in [0.5, 0.6) is 17.2 Å². The number of rotatable bonds is 22. The van der Waals surface area contributed by atoms with Crippen LogP contribution in [0.15, 0.2) is 42.5 Å². The fourth-order valence-corrected chi connectivity index (χ4v) is 5.31. The monoisotopic (exact) mass is 546 g/mol. The van der Waals surface area contributed by atoms with E-state index >= 15 is 0 Å². The van der Waals surface area contributed by atoms with Crippen LogP contribution in [0.1, 0.15) is 122 Å². The van der Waals surface area contributed by atoms with Gasteiger partial charge in [0.1, 0.15) is 5.75 Å². The van der Waals surface area contributed by atoms with E-state index in [0.717, 1.165) is 31.2 Å². The molecule has 0 fully saturated rings. The van der Waals surface area contributed by atoms with Gasteiger partial charge in [0.05, 0.1) is 6.61 Å². The molecule has 0 N–H and O–H groups in total. The Hall–Kier alpha value is -2.21. The summed E-state index contributed by atoms with van der Waals surface area (Å²) in [4.78, 5) is 0. The van der Waals surface area contributed by atoms with Crippen LogP contribution in [0.2, 0.25) is 0 Å². The highest BCUT2D eigenvalue weighted by molar-refractivity contribution is 7.82. The molecule has 2 aromatic rings. The first-order valence-electron chi connectivity index (χ1n) is 15.0. The average molecular weight is 547 g/mol. The molecule has 38 heavy (non-hydrogen) atoms. The van der Waals surface area contributed by atoms with Gasteiger partial charge in [-0.15, -0.1) is 8.42 Å². The van der Waals surface area contributed by atoms with E-state index in [-0.39, 0.29) is 11.5 Å². The van der Waals surface area contributed by atoms with E-state index in [0.29, 0.717) is 12.4 Å². The minimum absolute atomic E-state index is 0.144. The SMILES string of the molecule is CCCCCCCCCc1ccc(OS(=O)(=O)Oc2ccc(CCCCCCCCC)cc2OCC)cc1. The van der Waals surface area contributed by atoms with E-state index in [4.69, 9.17) is 13.1 Å². The lowest BCUT2D eigenvalue weighted by molar-refractivity contribution is 0.320. The van der Waals surface area contributed by atoms with Gasteiger partial charge in [0.2, 0.25) is 0 Å². The highest BCUT2D eigenvalue weighted by Crippen LogP contribution is 2.31. The van der Waals surface area contributed by atoms with Crippen LogP contribution in [0, 0.1) is 0 Å². The molecule has 0 aliphatic rings. The van der Waals surface area contributed by atoms with Crippen LogP contribution in [-0.2, 0) is 23.2 Å². The molecule has 6 heteroatoms. The summed E-state index contributed by atoms with van der Waals surface area (Å²) in [7, 11) is -4.30. The molecular weight excluding hydrogens is 496 g/mol. The molecule has 5 nitrogen and oxygen atoms in total. The van der Waals surface area contributed by atoms with Crippen molar-refractivity contribution in [1.82, 2.24) is 0 Å². The summed E-state index contributed by atoms with van der Waals surface area (Å²) < 4.78 is 41.5. The maximum Gasteiger partial charge on any atom is 0.501 e. The molecule has 0 aliphatic heterocycles. The number of aryl methyl sites for hydroxylation is 2. The van der Waals surface area contributed by atoms with Crippen LogP contribution in [-0.4, -0.2) is 15.0 Å². The summed E-state index contributed by atoms with van der Waals surface area (Å²) in [6, 6.07) is 12.7. The van der Waals surface area contributed by atoms with Crippen LogP contribution in [0.25, 0.3) is 0 Å². The zero-order valence-corrected chi connectivity index (χ0v) is 24.8. The Kier molecular flexibility index (Phi) is 16.0. The molecule has 0 bridgehead atoms. The Morgan fingerprint density at radius 3 is 1.61 bits per heavy atom. The molecule has 0 atom stereocenters. The third kappa shape index (κ3) is 13.5. The second kappa shape index (κ2) is 18.9. The first-order valence-corrected chi connectivity index (χ1v) is 16.3. The summed E-state index contributed by atoms with van der Waals surface area (Å²) in [5.41, 5.74) is 2.30. The Bertz CT molecular complexity index is 985. The van der Waals surface area contributed by atoms with Crippen molar-refractivity contribution in [2.24, 2.45) is 0 Å². The maximum atomic E-state index is 12.6. The van der Waals surface area contributed by atoms with Crippen LogP contribution in [0.4, 0.5) is 0 Å². The Morgan fingerprint density at radius 1 is 0.553 bits per heavy atom. The van der Waals surface area contributed by atoms with Gasteiger partial charge in [-0.25, -0.2) is 0 Å². The molecule has 0 saturated heterocycles. The third-order valence-corrected chi connectivity index (χ3v) is 7.54. The van der Waals surface area contributed by atoms with E-state index in [1.807, 2.05) is 31.2 Å². The predicted octanol–water partition coefficient (Wildman–Crippen LogP) is 9.37. The Morgan fingerprint density at radius 2 is 1.05 bits per heavy atom. The maximum absolute atomic E-state index is 12.6. The van der Waals surface area contributed by atoms with Crippen molar-refractivity contribution in [2.75, 3.05) is 6.61 Å². The average Bonchev–Trinajstić information content (AvgIpc) is 2.90. The summed E-state index contributed by atoms with van der Waals surface area (Å²) in [5, 5.41) is 0. The van der Waals surface area contributed by atoms with E-state index in [2.05, 4.69) is 13.8 Å². The lowest BCUT2D eigenvalue weighted by Crippen LogP contribution is -2.17.